The molecule has 0 aliphatic carbocycles. The zero-order valence-corrected chi connectivity index (χ0v) is 12.1. The molecule has 0 bridgehead atoms. The fourth-order valence-corrected chi connectivity index (χ4v) is 3.84. The molecule has 2 heterocycles. The van der Waals surface area contributed by atoms with Crippen LogP contribution in [0.4, 0.5) is 5.69 Å². The van der Waals surface area contributed by atoms with Gasteiger partial charge in [-0.25, -0.2) is 0 Å². The molecule has 2 aliphatic heterocycles. The molecule has 0 aromatic heterocycles. The minimum absolute atomic E-state index is 0.0166. The predicted molar refractivity (Wildman–Crippen MR) is 80.8 cm³/mol. The molecule has 0 radical (unpaired) electrons. The van der Waals surface area contributed by atoms with Crippen LogP contribution in [0.3, 0.4) is 0 Å². The van der Waals surface area contributed by atoms with E-state index in [9.17, 15) is 4.79 Å². The summed E-state index contributed by atoms with van der Waals surface area (Å²) in [6, 6.07) is 8.30. The summed E-state index contributed by atoms with van der Waals surface area (Å²) in [7, 11) is 0. The van der Waals surface area contributed by atoms with Crippen LogP contribution in [0.15, 0.2) is 24.3 Å². The highest BCUT2D eigenvalue weighted by Gasteiger charge is 2.31. The van der Waals surface area contributed by atoms with Crippen molar-refractivity contribution in [2.24, 2.45) is 5.92 Å². The lowest BCUT2D eigenvalue weighted by Crippen LogP contribution is -2.52. The van der Waals surface area contributed by atoms with E-state index in [0.29, 0.717) is 5.92 Å². The molecule has 0 spiro atoms. The summed E-state index contributed by atoms with van der Waals surface area (Å²) in [5, 5.41) is 3.35. The maximum absolute atomic E-state index is 12.7. The van der Waals surface area contributed by atoms with Gasteiger partial charge in [0.25, 0.3) is 0 Å². The van der Waals surface area contributed by atoms with E-state index in [1.165, 1.54) is 5.56 Å². The zero-order chi connectivity index (χ0) is 13.2. The van der Waals surface area contributed by atoms with Gasteiger partial charge in [-0.2, -0.15) is 11.8 Å². The molecule has 102 valence electrons. The molecule has 3 nitrogen and oxygen atoms in total. The number of hydrogen-bond donors (Lipinski definition) is 1. The van der Waals surface area contributed by atoms with Crippen molar-refractivity contribution in [3.63, 3.8) is 0 Å². The summed E-state index contributed by atoms with van der Waals surface area (Å²) in [6.07, 6.45) is 1.08. The fraction of sp³-hybridized carbons (Fsp3) is 0.533. The number of anilines is 1. The van der Waals surface area contributed by atoms with E-state index >= 15 is 0 Å². The zero-order valence-electron chi connectivity index (χ0n) is 11.3. The molecule has 1 fully saturated rings. The maximum atomic E-state index is 12.7. The van der Waals surface area contributed by atoms with E-state index in [2.05, 4.69) is 30.4 Å². The Kier molecular flexibility index (Phi) is 3.80. The molecule has 4 heteroatoms. The molecule has 2 aliphatic rings. The number of nitrogens with one attached hydrogen (secondary N) is 1. The first-order valence-electron chi connectivity index (χ1n) is 6.96. The van der Waals surface area contributed by atoms with Crippen molar-refractivity contribution in [3.8, 4) is 0 Å². The molecule has 3 rings (SSSR count). The summed E-state index contributed by atoms with van der Waals surface area (Å²) >= 11 is 1.87. The average molecular weight is 276 g/mol. The van der Waals surface area contributed by atoms with Crippen molar-refractivity contribution in [1.82, 2.24) is 5.32 Å². The van der Waals surface area contributed by atoms with Crippen molar-refractivity contribution >= 4 is 23.4 Å². The standard InChI is InChI=1S/C15H20N2OS/c1-11-8-12-4-2-3-5-14(12)17(9-11)15(18)13-10-19-7-6-16-13/h2-5,11,13,16H,6-10H2,1H3. The molecule has 1 saturated heterocycles. The first-order valence-corrected chi connectivity index (χ1v) is 8.11. The smallest absolute Gasteiger partial charge is 0.244 e. The fourth-order valence-electron chi connectivity index (χ4n) is 2.92. The van der Waals surface area contributed by atoms with Crippen LogP contribution in [-0.4, -0.2) is 36.5 Å². The van der Waals surface area contributed by atoms with Crippen molar-refractivity contribution < 1.29 is 4.79 Å². The molecule has 1 aromatic carbocycles. The Bertz CT molecular complexity index is 471. The number of fused-ring (bicyclic) bond motifs is 1. The average Bonchev–Trinajstić information content (AvgIpc) is 2.46. The van der Waals surface area contributed by atoms with Crippen LogP contribution in [0.25, 0.3) is 0 Å². The van der Waals surface area contributed by atoms with E-state index in [1.54, 1.807) is 0 Å². The minimum Gasteiger partial charge on any atom is -0.310 e. The van der Waals surface area contributed by atoms with Crippen molar-refractivity contribution in [2.75, 3.05) is 29.5 Å². The molecule has 1 N–H and O–H groups in total. The molecule has 2 unspecified atom stereocenters. The van der Waals surface area contributed by atoms with Gasteiger partial charge in [-0.3, -0.25) is 4.79 Å². The second-order valence-electron chi connectivity index (χ2n) is 5.47. The van der Waals surface area contributed by atoms with Crippen LogP contribution in [0.2, 0.25) is 0 Å². The minimum atomic E-state index is -0.0166. The Labute approximate surface area is 118 Å². The molecule has 1 amide bonds. The first kappa shape index (κ1) is 13.0. The summed E-state index contributed by atoms with van der Waals surface area (Å²) in [6.45, 7) is 4.00. The number of nitrogens with zero attached hydrogens (tertiary/aromatic N) is 1. The highest BCUT2D eigenvalue weighted by Crippen LogP contribution is 2.30. The first-order chi connectivity index (χ1) is 9.25. The van der Waals surface area contributed by atoms with Gasteiger partial charge in [0.05, 0.1) is 6.04 Å². The number of rotatable bonds is 1. The summed E-state index contributed by atoms with van der Waals surface area (Å²) < 4.78 is 0. The second-order valence-corrected chi connectivity index (χ2v) is 6.62. The Hall–Kier alpha value is -1.000. The third kappa shape index (κ3) is 2.65. The summed E-state index contributed by atoms with van der Waals surface area (Å²) in [5.41, 5.74) is 2.42. The van der Waals surface area contributed by atoms with Crippen LogP contribution in [-0.2, 0) is 11.2 Å². The van der Waals surface area contributed by atoms with Crippen LogP contribution in [0, 0.1) is 5.92 Å². The molecule has 1 aromatic rings. The quantitative estimate of drug-likeness (QED) is 0.850. The number of para-hydroxylation sites is 1. The number of thioether (sulfide) groups is 1. The van der Waals surface area contributed by atoms with Crippen LogP contribution >= 0.6 is 11.8 Å². The Morgan fingerprint density at radius 3 is 3.05 bits per heavy atom. The molecule has 2 atom stereocenters. The number of hydrogen-bond acceptors (Lipinski definition) is 3. The lowest BCUT2D eigenvalue weighted by atomic mass is 9.93. The van der Waals surface area contributed by atoms with Gasteiger partial charge in [0, 0.05) is 30.3 Å². The number of amides is 1. The van der Waals surface area contributed by atoms with Crippen molar-refractivity contribution in [2.45, 2.75) is 19.4 Å². The van der Waals surface area contributed by atoms with E-state index in [1.807, 2.05) is 22.7 Å². The SMILES string of the molecule is CC1Cc2ccccc2N(C(=O)C2CSCCN2)C1. The van der Waals surface area contributed by atoms with Gasteiger partial charge < -0.3 is 10.2 Å². The largest absolute Gasteiger partial charge is 0.310 e. The molecule has 19 heavy (non-hydrogen) atoms. The van der Waals surface area contributed by atoms with Crippen LogP contribution in [0.5, 0.6) is 0 Å². The lowest BCUT2D eigenvalue weighted by molar-refractivity contribution is -0.120. The van der Waals surface area contributed by atoms with Gasteiger partial charge in [-0.1, -0.05) is 25.1 Å². The summed E-state index contributed by atoms with van der Waals surface area (Å²) in [5.74, 6) is 2.78. The number of carbonyl (C=O) groups is 1. The Morgan fingerprint density at radius 1 is 1.42 bits per heavy atom. The van der Waals surface area contributed by atoms with Crippen molar-refractivity contribution in [3.05, 3.63) is 29.8 Å². The normalized spacial score (nSPS) is 26.9. The third-order valence-corrected chi connectivity index (χ3v) is 4.89. The van der Waals surface area contributed by atoms with E-state index < -0.39 is 0 Å². The van der Waals surface area contributed by atoms with E-state index in [4.69, 9.17) is 0 Å². The maximum Gasteiger partial charge on any atom is 0.244 e. The van der Waals surface area contributed by atoms with Crippen LogP contribution < -0.4 is 10.2 Å². The monoisotopic (exact) mass is 276 g/mol. The van der Waals surface area contributed by atoms with E-state index in [-0.39, 0.29) is 11.9 Å². The highest BCUT2D eigenvalue weighted by atomic mass is 32.2. The topological polar surface area (TPSA) is 32.3 Å². The van der Waals surface area contributed by atoms with Gasteiger partial charge in [0.1, 0.15) is 0 Å². The van der Waals surface area contributed by atoms with Crippen LogP contribution in [0.1, 0.15) is 12.5 Å². The predicted octanol–water partition coefficient (Wildman–Crippen LogP) is 1.92. The lowest BCUT2D eigenvalue weighted by Gasteiger charge is -2.36. The number of carbonyl (C=O) groups excluding carboxylic acids is 1. The molecular weight excluding hydrogens is 256 g/mol. The Morgan fingerprint density at radius 2 is 2.26 bits per heavy atom. The van der Waals surface area contributed by atoms with Gasteiger partial charge >= 0.3 is 0 Å². The van der Waals surface area contributed by atoms with Gasteiger partial charge in [0.15, 0.2) is 0 Å². The third-order valence-electron chi connectivity index (χ3n) is 3.83. The molecular formula is C15H20N2OS. The van der Waals surface area contributed by atoms with Gasteiger partial charge in [-0.05, 0) is 24.0 Å². The van der Waals surface area contributed by atoms with Gasteiger partial charge in [-0.15, -0.1) is 0 Å². The highest BCUT2D eigenvalue weighted by molar-refractivity contribution is 7.99. The Balaban J connectivity index is 1.85. The molecule has 0 saturated carbocycles. The van der Waals surface area contributed by atoms with Gasteiger partial charge in [0.2, 0.25) is 5.91 Å². The number of benzene rings is 1. The summed E-state index contributed by atoms with van der Waals surface area (Å²) in [4.78, 5) is 14.7. The second kappa shape index (κ2) is 5.55. The van der Waals surface area contributed by atoms with Crippen molar-refractivity contribution in [1.29, 1.82) is 0 Å². The van der Waals surface area contributed by atoms with E-state index in [0.717, 1.165) is 36.7 Å².